The van der Waals surface area contributed by atoms with E-state index in [1.54, 1.807) is 0 Å². The molecule has 0 N–H and O–H groups in total. The number of aromatic nitrogens is 2. The average molecular weight is 299 g/mol. The number of ether oxygens (including phenoxy) is 1. The Morgan fingerprint density at radius 1 is 1.36 bits per heavy atom. The molecule has 0 aliphatic carbocycles. The lowest BCUT2D eigenvalue weighted by molar-refractivity contribution is -0.0152. The summed E-state index contributed by atoms with van der Waals surface area (Å²) in [5.74, 6) is 1.31. The van der Waals surface area contributed by atoms with Gasteiger partial charge in [-0.3, -0.25) is 4.90 Å². The van der Waals surface area contributed by atoms with Crippen molar-refractivity contribution in [2.45, 2.75) is 19.9 Å². The molecule has 3 rings (SSSR count). The molecule has 1 aromatic carbocycles. The molecule has 1 aliphatic heterocycles. The zero-order chi connectivity index (χ0) is 15.4. The van der Waals surface area contributed by atoms with Crippen molar-refractivity contribution in [2.75, 3.05) is 26.3 Å². The molecule has 1 unspecified atom stereocenters. The van der Waals surface area contributed by atoms with Gasteiger partial charge in [-0.15, -0.1) is 0 Å². The first-order valence-corrected chi connectivity index (χ1v) is 7.56. The smallest absolute Gasteiger partial charge is 0.246 e. The van der Waals surface area contributed by atoms with Gasteiger partial charge >= 0.3 is 0 Å². The Kier molecular flexibility index (Phi) is 4.65. The van der Waals surface area contributed by atoms with E-state index in [9.17, 15) is 0 Å². The molecule has 2 heterocycles. The molecule has 1 atom stereocenters. The summed E-state index contributed by atoms with van der Waals surface area (Å²) in [6.45, 7) is 7.05. The summed E-state index contributed by atoms with van der Waals surface area (Å²) in [4.78, 5) is 6.70. The first-order valence-electron chi connectivity index (χ1n) is 7.56. The molecular weight excluding hydrogens is 278 g/mol. The molecule has 0 saturated carbocycles. The predicted molar refractivity (Wildman–Crippen MR) is 84.3 cm³/mol. The molecule has 0 spiro atoms. The second-order valence-electron chi connectivity index (χ2n) is 5.64. The van der Waals surface area contributed by atoms with Crippen LogP contribution in [-0.2, 0) is 4.74 Å². The van der Waals surface area contributed by atoms with Crippen LogP contribution in [0.3, 0.4) is 0 Å². The van der Waals surface area contributed by atoms with E-state index >= 15 is 0 Å². The van der Waals surface area contributed by atoms with Gasteiger partial charge < -0.3 is 9.26 Å². The lowest BCUT2D eigenvalue weighted by Crippen LogP contribution is -2.40. The molecule has 0 amide bonds. The van der Waals surface area contributed by atoms with Gasteiger partial charge in [-0.2, -0.15) is 4.98 Å². The van der Waals surface area contributed by atoms with Gasteiger partial charge in [0, 0.05) is 13.1 Å². The molecule has 1 fully saturated rings. The number of hydrogen-bond donors (Lipinski definition) is 0. The average Bonchev–Trinajstić information content (AvgIpc) is 2.95. The van der Waals surface area contributed by atoms with Crippen LogP contribution < -0.4 is 0 Å². The summed E-state index contributed by atoms with van der Waals surface area (Å²) in [7, 11) is 0. The topological polar surface area (TPSA) is 51.4 Å². The Bertz CT molecular complexity index is 636. The number of benzene rings is 1. The lowest BCUT2D eigenvalue weighted by Gasteiger charge is -2.33. The van der Waals surface area contributed by atoms with Crippen molar-refractivity contribution in [3.63, 3.8) is 0 Å². The quantitative estimate of drug-likeness (QED) is 0.869. The third-order valence-corrected chi connectivity index (χ3v) is 3.73. The van der Waals surface area contributed by atoms with Crippen molar-refractivity contribution < 1.29 is 9.26 Å². The Morgan fingerprint density at radius 2 is 2.18 bits per heavy atom. The van der Waals surface area contributed by atoms with Gasteiger partial charge in [-0.25, -0.2) is 0 Å². The third kappa shape index (κ3) is 3.61. The Hall–Kier alpha value is -1.98. The van der Waals surface area contributed by atoms with E-state index in [0.717, 1.165) is 19.7 Å². The van der Waals surface area contributed by atoms with Crippen molar-refractivity contribution in [3.05, 3.63) is 53.2 Å². The standard InChI is InChI=1S/C17H21N3O2/c1-13(10-15-6-4-3-5-7-15)11-20-8-9-21-12-16(20)17-18-14(2)19-22-17/h3-7,10,16H,8-9,11-12H2,1-2H3/b13-10+. The molecule has 5 heteroatoms. The summed E-state index contributed by atoms with van der Waals surface area (Å²) in [5.41, 5.74) is 2.52. The van der Waals surface area contributed by atoms with Crippen LogP contribution in [0.2, 0.25) is 0 Å². The molecule has 2 aromatic rings. The zero-order valence-electron chi connectivity index (χ0n) is 13.0. The van der Waals surface area contributed by atoms with E-state index in [2.05, 4.69) is 52.3 Å². The van der Waals surface area contributed by atoms with E-state index in [0.29, 0.717) is 18.3 Å². The van der Waals surface area contributed by atoms with Crippen molar-refractivity contribution in [3.8, 4) is 0 Å². The van der Waals surface area contributed by atoms with E-state index < -0.39 is 0 Å². The highest BCUT2D eigenvalue weighted by Crippen LogP contribution is 2.24. The highest BCUT2D eigenvalue weighted by atomic mass is 16.5. The first-order chi connectivity index (χ1) is 10.7. The Labute approximate surface area is 130 Å². The zero-order valence-corrected chi connectivity index (χ0v) is 13.0. The highest BCUT2D eigenvalue weighted by Gasteiger charge is 2.29. The minimum absolute atomic E-state index is 0.0362. The Morgan fingerprint density at radius 3 is 2.91 bits per heavy atom. The predicted octanol–water partition coefficient (Wildman–Crippen LogP) is 2.85. The summed E-state index contributed by atoms with van der Waals surface area (Å²) in [5, 5.41) is 3.89. The monoisotopic (exact) mass is 299 g/mol. The maximum absolute atomic E-state index is 5.59. The minimum atomic E-state index is 0.0362. The van der Waals surface area contributed by atoms with Gasteiger partial charge in [0.25, 0.3) is 0 Å². The van der Waals surface area contributed by atoms with Gasteiger partial charge in [0.2, 0.25) is 5.89 Å². The molecule has 0 bridgehead atoms. The van der Waals surface area contributed by atoms with E-state index in [4.69, 9.17) is 9.26 Å². The number of rotatable bonds is 4. The van der Waals surface area contributed by atoms with Crippen LogP contribution in [0.1, 0.15) is 30.2 Å². The molecule has 0 radical (unpaired) electrons. The van der Waals surface area contributed by atoms with Gasteiger partial charge in [0.15, 0.2) is 5.82 Å². The first kappa shape index (κ1) is 14.9. The molecule has 22 heavy (non-hydrogen) atoms. The molecule has 1 saturated heterocycles. The second kappa shape index (κ2) is 6.85. The van der Waals surface area contributed by atoms with Crippen LogP contribution in [0.5, 0.6) is 0 Å². The fourth-order valence-electron chi connectivity index (χ4n) is 2.70. The van der Waals surface area contributed by atoms with Crippen LogP contribution >= 0.6 is 0 Å². The fraction of sp³-hybridized carbons (Fsp3) is 0.412. The van der Waals surface area contributed by atoms with Crippen molar-refractivity contribution >= 4 is 6.08 Å². The minimum Gasteiger partial charge on any atom is -0.378 e. The van der Waals surface area contributed by atoms with E-state index in [1.807, 2.05) is 13.0 Å². The van der Waals surface area contributed by atoms with Crippen molar-refractivity contribution in [1.82, 2.24) is 15.0 Å². The maximum Gasteiger partial charge on any atom is 0.246 e. The molecule has 5 nitrogen and oxygen atoms in total. The molecule has 1 aliphatic rings. The second-order valence-corrected chi connectivity index (χ2v) is 5.64. The van der Waals surface area contributed by atoms with Gasteiger partial charge in [0.1, 0.15) is 6.04 Å². The van der Waals surface area contributed by atoms with Crippen molar-refractivity contribution in [1.29, 1.82) is 0 Å². The number of hydrogen-bond acceptors (Lipinski definition) is 5. The Balaban J connectivity index is 1.73. The SMILES string of the molecule is C/C(=C\c1ccccc1)CN1CCOCC1c1nc(C)no1. The summed E-state index contributed by atoms with van der Waals surface area (Å²) >= 11 is 0. The van der Waals surface area contributed by atoms with Gasteiger partial charge in [-0.05, 0) is 19.4 Å². The highest BCUT2D eigenvalue weighted by molar-refractivity contribution is 5.52. The summed E-state index contributed by atoms with van der Waals surface area (Å²) in [6.07, 6.45) is 2.21. The summed E-state index contributed by atoms with van der Waals surface area (Å²) in [6, 6.07) is 10.4. The van der Waals surface area contributed by atoms with Crippen molar-refractivity contribution in [2.24, 2.45) is 0 Å². The normalized spacial score (nSPS) is 20.3. The lowest BCUT2D eigenvalue weighted by atomic mass is 10.1. The van der Waals surface area contributed by atoms with Crippen LogP contribution in [0.15, 0.2) is 40.4 Å². The van der Waals surface area contributed by atoms with Gasteiger partial charge in [-0.1, -0.05) is 47.1 Å². The van der Waals surface area contributed by atoms with E-state index in [-0.39, 0.29) is 6.04 Å². The van der Waals surface area contributed by atoms with Crippen LogP contribution in [0.25, 0.3) is 6.08 Å². The van der Waals surface area contributed by atoms with Gasteiger partial charge in [0.05, 0.1) is 13.2 Å². The molecule has 116 valence electrons. The van der Waals surface area contributed by atoms with Crippen LogP contribution in [0, 0.1) is 6.92 Å². The van der Waals surface area contributed by atoms with E-state index in [1.165, 1.54) is 11.1 Å². The molecule has 1 aromatic heterocycles. The maximum atomic E-state index is 5.59. The fourth-order valence-corrected chi connectivity index (χ4v) is 2.70. The van der Waals surface area contributed by atoms with Crippen LogP contribution in [-0.4, -0.2) is 41.3 Å². The third-order valence-electron chi connectivity index (χ3n) is 3.73. The summed E-state index contributed by atoms with van der Waals surface area (Å²) < 4.78 is 10.9. The van der Waals surface area contributed by atoms with Crippen LogP contribution in [0.4, 0.5) is 0 Å². The molecular formula is C17H21N3O2. The largest absolute Gasteiger partial charge is 0.378 e. The number of aryl methyl sites for hydroxylation is 1. The number of morpholine rings is 1. The number of nitrogens with zero attached hydrogens (tertiary/aromatic N) is 3.